The lowest BCUT2D eigenvalue weighted by molar-refractivity contribution is 0.720. The highest BCUT2D eigenvalue weighted by Crippen LogP contribution is 2.15. The van der Waals surface area contributed by atoms with Gasteiger partial charge >= 0.3 is 0 Å². The van der Waals surface area contributed by atoms with E-state index in [-0.39, 0.29) is 0 Å². The first kappa shape index (κ1) is 13.1. The second kappa shape index (κ2) is 5.63. The predicted molar refractivity (Wildman–Crippen MR) is 81.9 cm³/mol. The highest BCUT2D eigenvalue weighted by Gasteiger charge is 2.05. The summed E-state index contributed by atoms with van der Waals surface area (Å²) in [5.41, 5.74) is 2.73. The molecule has 3 aromatic rings. The number of para-hydroxylation sites is 2. The van der Waals surface area contributed by atoms with Crippen LogP contribution in [0.2, 0.25) is 0 Å². The van der Waals surface area contributed by atoms with Crippen molar-refractivity contribution >= 4 is 16.9 Å². The van der Waals surface area contributed by atoms with E-state index in [0.29, 0.717) is 5.56 Å². The molecular formula is C16H15N5. The number of rotatable bonds is 4. The van der Waals surface area contributed by atoms with Crippen LogP contribution >= 0.6 is 0 Å². The molecule has 0 bridgehead atoms. The lowest BCUT2D eigenvalue weighted by Gasteiger charge is -2.09. The van der Waals surface area contributed by atoms with Gasteiger partial charge in [0.2, 0.25) is 0 Å². The van der Waals surface area contributed by atoms with Crippen molar-refractivity contribution in [2.75, 3.05) is 11.9 Å². The van der Waals surface area contributed by atoms with Crippen molar-refractivity contribution in [3.05, 3.63) is 54.0 Å². The van der Waals surface area contributed by atoms with E-state index < -0.39 is 0 Å². The predicted octanol–water partition coefficient (Wildman–Crippen LogP) is 2.72. The summed E-state index contributed by atoms with van der Waals surface area (Å²) in [5.74, 6) is 1.78. The number of nitrogens with one attached hydrogen (secondary N) is 1. The highest BCUT2D eigenvalue weighted by atomic mass is 15.1. The summed E-state index contributed by atoms with van der Waals surface area (Å²) in [6.45, 7) is 3.58. The van der Waals surface area contributed by atoms with Gasteiger partial charge in [0, 0.05) is 19.3 Å². The number of aromatic nitrogens is 3. The summed E-state index contributed by atoms with van der Waals surface area (Å²) in [4.78, 5) is 8.74. The molecule has 104 valence electrons. The highest BCUT2D eigenvalue weighted by molar-refractivity contribution is 5.75. The fourth-order valence-electron chi connectivity index (χ4n) is 2.34. The van der Waals surface area contributed by atoms with Crippen molar-refractivity contribution < 1.29 is 0 Å². The molecule has 0 amide bonds. The molecule has 0 aliphatic rings. The van der Waals surface area contributed by atoms with E-state index in [1.807, 2.05) is 31.2 Å². The van der Waals surface area contributed by atoms with Gasteiger partial charge in [-0.3, -0.25) is 0 Å². The molecule has 2 aromatic heterocycles. The number of pyridine rings is 1. The van der Waals surface area contributed by atoms with Gasteiger partial charge in [0.05, 0.1) is 16.6 Å². The molecule has 21 heavy (non-hydrogen) atoms. The smallest absolute Gasteiger partial charge is 0.126 e. The van der Waals surface area contributed by atoms with Crippen molar-refractivity contribution in [3.8, 4) is 6.07 Å². The zero-order valence-electron chi connectivity index (χ0n) is 11.7. The molecule has 5 nitrogen and oxygen atoms in total. The number of hydrogen-bond donors (Lipinski definition) is 1. The number of anilines is 1. The van der Waals surface area contributed by atoms with E-state index in [4.69, 9.17) is 5.26 Å². The van der Waals surface area contributed by atoms with Gasteiger partial charge in [-0.05, 0) is 31.2 Å². The number of aryl methyl sites for hydroxylation is 1. The van der Waals surface area contributed by atoms with Crippen LogP contribution in [0.5, 0.6) is 0 Å². The van der Waals surface area contributed by atoms with Crippen molar-refractivity contribution in [2.24, 2.45) is 0 Å². The molecule has 0 spiro atoms. The zero-order valence-corrected chi connectivity index (χ0v) is 11.7. The van der Waals surface area contributed by atoms with Crippen LogP contribution < -0.4 is 5.32 Å². The van der Waals surface area contributed by atoms with Crippen molar-refractivity contribution in [2.45, 2.75) is 13.5 Å². The first-order chi connectivity index (χ1) is 10.3. The fraction of sp³-hybridized carbons (Fsp3) is 0.188. The molecule has 0 atom stereocenters. The van der Waals surface area contributed by atoms with E-state index >= 15 is 0 Å². The zero-order chi connectivity index (χ0) is 14.7. The van der Waals surface area contributed by atoms with Crippen LogP contribution in [0, 0.1) is 18.3 Å². The summed E-state index contributed by atoms with van der Waals surface area (Å²) >= 11 is 0. The molecule has 5 heteroatoms. The quantitative estimate of drug-likeness (QED) is 0.796. The Balaban J connectivity index is 1.69. The average molecular weight is 277 g/mol. The maximum atomic E-state index is 8.74. The lowest BCUT2D eigenvalue weighted by Crippen LogP contribution is -2.12. The Morgan fingerprint density at radius 1 is 1.24 bits per heavy atom. The van der Waals surface area contributed by atoms with Gasteiger partial charge < -0.3 is 9.88 Å². The standard InChI is InChI=1S/C16H15N5/c1-12-20-14-4-2-3-5-15(14)21(12)9-8-18-16-7-6-13(10-17)11-19-16/h2-7,11H,8-9H2,1H3,(H,18,19). The van der Waals surface area contributed by atoms with Gasteiger partial charge in [0.25, 0.3) is 0 Å². The molecular weight excluding hydrogens is 262 g/mol. The number of nitriles is 1. The maximum Gasteiger partial charge on any atom is 0.126 e. The third-order valence-electron chi connectivity index (χ3n) is 3.38. The molecule has 0 unspecified atom stereocenters. The minimum absolute atomic E-state index is 0.567. The van der Waals surface area contributed by atoms with Crippen LogP contribution in [-0.2, 0) is 6.54 Å². The van der Waals surface area contributed by atoms with Gasteiger partial charge in [0.15, 0.2) is 0 Å². The Bertz CT molecular complexity index is 796. The molecule has 0 radical (unpaired) electrons. The largest absolute Gasteiger partial charge is 0.368 e. The van der Waals surface area contributed by atoms with Crippen LogP contribution in [-0.4, -0.2) is 21.1 Å². The topological polar surface area (TPSA) is 66.5 Å². The van der Waals surface area contributed by atoms with Gasteiger partial charge in [-0.2, -0.15) is 5.26 Å². The first-order valence-electron chi connectivity index (χ1n) is 6.80. The number of hydrogen-bond acceptors (Lipinski definition) is 4. The van der Waals surface area contributed by atoms with Crippen LogP contribution in [0.4, 0.5) is 5.82 Å². The van der Waals surface area contributed by atoms with E-state index in [9.17, 15) is 0 Å². The number of benzene rings is 1. The Hall–Kier alpha value is -2.87. The Morgan fingerprint density at radius 2 is 2.10 bits per heavy atom. The summed E-state index contributed by atoms with van der Waals surface area (Å²) in [5, 5.41) is 12.0. The monoisotopic (exact) mass is 277 g/mol. The Labute approximate surface area is 122 Å². The van der Waals surface area contributed by atoms with Crippen LogP contribution in [0.1, 0.15) is 11.4 Å². The second-order valence-corrected chi connectivity index (χ2v) is 4.77. The maximum absolute atomic E-state index is 8.74. The van der Waals surface area contributed by atoms with Crippen LogP contribution in [0.15, 0.2) is 42.6 Å². The minimum atomic E-state index is 0.567. The lowest BCUT2D eigenvalue weighted by atomic mass is 10.3. The number of nitrogens with zero attached hydrogens (tertiary/aromatic N) is 4. The van der Waals surface area contributed by atoms with E-state index in [2.05, 4.69) is 32.0 Å². The first-order valence-corrected chi connectivity index (χ1v) is 6.80. The third kappa shape index (κ3) is 2.70. The number of imidazole rings is 1. The van der Waals surface area contributed by atoms with Crippen LogP contribution in [0.3, 0.4) is 0 Å². The molecule has 3 rings (SSSR count). The van der Waals surface area contributed by atoms with E-state index in [1.54, 1.807) is 12.3 Å². The Morgan fingerprint density at radius 3 is 2.86 bits per heavy atom. The van der Waals surface area contributed by atoms with Gasteiger partial charge in [-0.25, -0.2) is 9.97 Å². The molecule has 0 saturated heterocycles. The third-order valence-corrected chi connectivity index (χ3v) is 3.38. The van der Waals surface area contributed by atoms with Gasteiger partial charge in [0.1, 0.15) is 17.7 Å². The summed E-state index contributed by atoms with van der Waals surface area (Å²) in [7, 11) is 0. The van der Waals surface area contributed by atoms with Crippen molar-refractivity contribution in [3.63, 3.8) is 0 Å². The van der Waals surface area contributed by atoms with Gasteiger partial charge in [-0.15, -0.1) is 0 Å². The SMILES string of the molecule is Cc1nc2ccccc2n1CCNc1ccc(C#N)cn1. The summed E-state index contributed by atoms with van der Waals surface area (Å²) in [6, 6.07) is 13.8. The fourth-order valence-corrected chi connectivity index (χ4v) is 2.34. The second-order valence-electron chi connectivity index (χ2n) is 4.77. The van der Waals surface area contributed by atoms with Crippen LogP contribution in [0.25, 0.3) is 11.0 Å². The van der Waals surface area contributed by atoms with Gasteiger partial charge in [-0.1, -0.05) is 12.1 Å². The molecule has 0 saturated carbocycles. The minimum Gasteiger partial charge on any atom is -0.368 e. The normalized spacial score (nSPS) is 10.5. The molecule has 1 aromatic carbocycles. The molecule has 2 heterocycles. The Kier molecular flexibility index (Phi) is 3.52. The molecule has 1 N–H and O–H groups in total. The molecule has 0 aliphatic heterocycles. The average Bonchev–Trinajstić information content (AvgIpc) is 2.84. The summed E-state index contributed by atoms with van der Waals surface area (Å²) in [6.07, 6.45) is 1.57. The summed E-state index contributed by atoms with van der Waals surface area (Å²) < 4.78 is 2.19. The van der Waals surface area contributed by atoms with E-state index in [1.165, 1.54) is 0 Å². The molecule has 0 aliphatic carbocycles. The van der Waals surface area contributed by atoms with Crippen molar-refractivity contribution in [1.29, 1.82) is 5.26 Å². The van der Waals surface area contributed by atoms with E-state index in [0.717, 1.165) is 35.8 Å². The molecule has 0 fully saturated rings. The number of fused-ring (bicyclic) bond motifs is 1. The van der Waals surface area contributed by atoms with Crippen molar-refractivity contribution in [1.82, 2.24) is 14.5 Å².